The van der Waals surface area contributed by atoms with Crippen LogP contribution in [0.25, 0.3) is 0 Å². The lowest BCUT2D eigenvalue weighted by atomic mass is 10.2. The molecule has 1 aromatic rings. The van der Waals surface area contributed by atoms with Gasteiger partial charge in [-0.05, 0) is 24.3 Å². The Kier molecular flexibility index (Phi) is 4.75. The standard InChI is InChI=1S/C16H18N4O3S2/c1-19(2)11-3-5-12(6-4-11)20-13-9-25(22,23)10-14(13)24-16(20)18-15(21)7-8-17/h3-6,13-14H,7,9-10H2,1-2H3/t13-,14-/m1/s1. The summed E-state index contributed by atoms with van der Waals surface area (Å²) in [4.78, 5) is 19.6. The predicted octanol–water partition coefficient (Wildman–Crippen LogP) is 1.27. The van der Waals surface area contributed by atoms with Gasteiger partial charge in [0.25, 0.3) is 5.91 Å². The topological polar surface area (TPSA) is 93.8 Å². The molecule has 9 heteroatoms. The maximum atomic E-state index is 12.0. The van der Waals surface area contributed by atoms with E-state index in [1.165, 1.54) is 11.8 Å². The fraction of sp³-hybridized carbons (Fsp3) is 0.438. The number of aliphatic imine (C=N–C) groups is 1. The van der Waals surface area contributed by atoms with E-state index in [4.69, 9.17) is 5.26 Å². The van der Waals surface area contributed by atoms with Crippen LogP contribution in [0, 0.1) is 11.3 Å². The van der Waals surface area contributed by atoms with Gasteiger partial charge in [0.1, 0.15) is 6.42 Å². The quantitative estimate of drug-likeness (QED) is 0.782. The van der Waals surface area contributed by atoms with Gasteiger partial charge in [-0.15, -0.1) is 0 Å². The van der Waals surface area contributed by atoms with Crippen molar-refractivity contribution in [3.05, 3.63) is 24.3 Å². The zero-order chi connectivity index (χ0) is 18.2. The molecule has 2 aliphatic rings. The predicted molar refractivity (Wildman–Crippen MR) is 99.7 cm³/mol. The Labute approximate surface area is 151 Å². The fourth-order valence-electron chi connectivity index (χ4n) is 2.99. The van der Waals surface area contributed by atoms with Crippen LogP contribution < -0.4 is 9.80 Å². The second kappa shape index (κ2) is 6.69. The van der Waals surface area contributed by atoms with Crippen LogP contribution in [0.4, 0.5) is 11.4 Å². The largest absolute Gasteiger partial charge is 0.378 e. The normalized spacial score (nSPS) is 25.6. The Morgan fingerprint density at radius 3 is 2.64 bits per heavy atom. The molecule has 0 aromatic heterocycles. The summed E-state index contributed by atoms with van der Waals surface area (Å²) >= 11 is 1.31. The third-order valence-corrected chi connectivity index (χ3v) is 7.37. The van der Waals surface area contributed by atoms with Gasteiger partial charge < -0.3 is 9.80 Å². The van der Waals surface area contributed by atoms with Gasteiger partial charge in [0.15, 0.2) is 15.0 Å². The fourth-order valence-corrected chi connectivity index (χ4v) is 6.92. The second-order valence-electron chi connectivity index (χ2n) is 6.20. The number of nitriles is 1. The van der Waals surface area contributed by atoms with Crippen molar-refractivity contribution in [3.8, 4) is 6.07 Å². The molecule has 2 saturated heterocycles. The van der Waals surface area contributed by atoms with Crippen molar-refractivity contribution >= 4 is 44.0 Å². The molecule has 2 heterocycles. The Morgan fingerprint density at radius 1 is 1.36 bits per heavy atom. The van der Waals surface area contributed by atoms with Crippen molar-refractivity contribution in [2.45, 2.75) is 17.7 Å². The van der Waals surface area contributed by atoms with E-state index in [1.54, 1.807) is 6.07 Å². The maximum Gasteiger partial charge on any atom is 0.262 e. The second-order valence-corrected chi connectivity index (χ2v) is 9.56. The molecule has 0 aliphatic carbocycles. The number of amides is 1. The summed E-state index contributed by atoms with van der Waals surface area (Å²) < 4.78 is 24.0. The maximum absolute atomic E-state index is 12.0. The van der Waals surface area contributed by atoms with Crippen molar-refractivity contribution in [2.75, 3.05) is 35.4 Å². The molecule has 0 N–H and O–H groups in total. The molecule has 1 amide bonds. The number of fused-ring (bicyclic) bond motifs is 1. The number of thioether (sulfide) groups is 1. The van der Waals surface area contributed by atoms with Crippen LogP contribution in [0.1, 0.15) is 6.42 Å². The van der Waals surface area contributed by atoms with Gasteiger partial charge >= 0.3 is 0 Å². The molecule has 7 nitrogen and oxygen atoms in total. The van der Waals surface area contributed by atoms with Crippen molar-refractivity contribution in [1.82, 2.24) is 0 Å². The Morgan fingerprint density at radius 2 is 2.04 bits per heavy atom. The Balaban J connectivity index is 1.97. The zero-order valence-corrected chi connectivity index (χ0v) is 15.5. The highest BCUT2D eigenvalue weighted by atomic mass is 32.2. The monoisotopic (exact) mass is 378 g/mol. The highest BCUT2D eigenvalue weighted by molar-refractivity contribution is 8.16. The molecule has 1 aromatic carbocycles. The average molecular weight is 378 g/mol. The van der Waals surface area contributed by atoms with Crippen molar-refractivity contribution in [2.24, 2.45) is 4.99 Å². The van der Waals surface area contributed by atoms with Gasteiger partial charge in [-0.2, -0.15) is 10.3 Å². The van der Waals surface area contributed by atoms with Crippen molar-refractivity contribution < 1.29 is 13.2 Å². The minimum Gasteiger partial charge on any atom is -0.378 e. The number of amidine groups is 1. The van der Waals surface area contributed by atoms with E-state index in [0.29, 0.717) is 5.17 Å². The molecule has 132 valence electrons. The van der Waals surface area contributed by atoms with Crippen LogP contribution in [0.5, 0.6) is 0 Å². The van der Waals surface area contributed by atoms with Gasteiger partial charge in [-0.25, -0.2) is 8.42 Å². The number of sulfone groups is 1. The van der Waals surface area contributed by atoms with Crippen molar-refractivity contribution in [1.29, 1.82) is 5.26 Å². The first kappa shape index (κ1) is 17.8. The van der Waals surface area contributed by atoms with E-state index >= 15 is 0 Å². The van der Waals surface area contributed by atoms with Gasteiger partial charge in [0.05, 0.1) is 23.6 Å². The van der Waals surface area contributed by atoms with E-state index < -0.39 is 15.7 Å². The van der Waals surface area contributed by atoms with Crippen LogP contribution >= 0.6 is 11.8 Å². The molecule has 2 aliphatic heterocycles. The lowest BCUT2D eigenvalue weighted by Gasteiger charge is -2.25. The summed E-state index contributed by atoms with van der Waals surface area (Å²) in [6.45, 7) is 0. The lowest BCUT2D eigenvalue weighted by Crippen LogP contribution is -2.37. The van der Waals surface area contributed by atoms with Crippen LogP contribution in [0.15, 0.2) is 29.3 Å². The molecule has 25 heavy (non-hydrogen) atoms. The number of carbonyl (C=O) groups excluding carboxylic acids is 1. The third-order valence-electron chi connectivity index (χ3n) is 4.16. The summed E-state index contributed by atoms with van der Waals surface area (Å²) in [5.41, 5.74) is 1.82. The number of carbonyl (C=O) groups is 1. The Hall–Kier alpha value is -2.05. The van der Waals surface area contributed by atoms with Gasteiger partial charge in [0, 0.05) is 30.7 Å². The van der Waals surface area contributed by atoms with Gasteiger partial charge in [-0.1, -0.05) is 11.8 Å². The van der Waals surface area contributed by atoms with Crippen LogP contribution in [-0.4, -0.2) is 56.4 Å². The molecular formula is C16H18N4O3S2. The van der Waals surface area contributed by atoms with E-state index in [1.807, 2.05) is 48.2 Å². The molecule has 2 atom stereocenters. The summed E-state index contributed by atoms with van der Waals surface area (Å²) in [6, 6.07) is 9.22. The van der Waals surface area contributed by atoms with Crippen LogP contribution in [-0.2, 0) is 14.6 Å². The molecule has 2 fully saturated rings. The highest BCUT2D eigenvalue weighted by Crippen LogP contribution is 2.41. The SMILES string of the molecule is CN(C)c1ccc(N2C(=NC(=O)CC#N)S[C@@H]3CS(=O)(=O)C[C@H]32)cc1. The molecule has 0 bridgehead atoms. The van der Waals surface area contributed by atoms with E-state index in [9.17, 15) is 13.2 Å². The summed E-state index contributed by atoms with van der Waals surface area (Å²) in [7, 11) is 0.783. The number of rotatable bonds is 3. The number of hydrogen-bond donors (Lipinski definition) is 0. The smallest absolute Gasteiger partial charge is 0.262 e. The van der Waals surface area contributed by atoms with Crippen molar-refractivity contribution in [3.63, 3.8) is 0 Å². The van der Waals surface area contributed by atoms with Crippen LogP contribution in [0.2, 0.25) is 0 Å². The van der Waals surface area contributed by atoms with Gasteiger partial charge in [-0.3, -0.25) is 4.79 Å². The number of benzene rings is 1. The first-order chi connectivity index (χ1) is 11.8. The minimum atomic E-state index is -3.09. The summed E-state index contributed by atoms with van der Waals surface area (Å²) in [6.07, 6.45) is -0.287. The van der Waals surface area contributed by atoms with E-state index in [-0.39, 0.29) is 29.2 Å². The molecular weight excluding hydrogens is 360 g/mol. The molecule has 0 spiro atoms. The minimum absolute atomic E-state index is 0.0472. The molecule has 0 radical (unpaired) electrons. The summed E-state index contributed by atoms with van der Waals surface area (Å²) in [5.74, 6) is -0.381. The van der Waals surface area contributed by atoms with Gasteiger partial charge in [0.2, 0.25) is 0 Å². The van der Waals surface area contributed by atoms with E-state index in [0.717, 1.165) is 11.4 Å². The zero-order valence-electron chi connectivity index (χ0n) is 13.9. The van der Waals surface area contributed by atoms with Crippen LogP contribution in [0.3, 0.4) is 0 Å². The molecule has 0 saturated carbocycles. The number of hydrogen-bond acceptors (Lipinski definition) is 6. The highest BCUT2D eigenvalue weighted by Gasteiger charge is 2.49. The number of anilines is 2. The molecule has 3 rings (SSSR count). The first-order valence-corrected chi connectivity index (χ1v) is 10.4. The first-order valence-electron chi connectivity index (χ1n) is 7.73. The Bertz CT molecular complexity index is 856. The summed E-state index contributed by atoms with van der Waals surface area (Å²) in [5, 5.41) is 8.99. The average Bonchev–Trinajstić information content (AvgIpc) is 2.98. The third kappa shape index (κ3) is 3.65. The molecule has 0 unspecified atom stereocenters. The number of nitrogens with zero attached hydrogens (tertiary/aromatic N) is 4. The lowest BCUT2D eigenvalue weighted by molar-refractivity contribution is -0.116. The van der Waals surface area contributed by atoms with E-state index in [2.05, 4.69) is 4.99 Å².